The highest BCUT2D eigenvalue weighted by molar-refractivity contribution is 8.04. The van der Waals surface area contributed by atoms with Gasteiger partial charge in [0.25, 0.3) is 5.91 Å². The average Bonchev–Trinajstić information content (AvgIpc) is 3.01. The van der Waals surface area contributed by atoms with E-state index in [1.54, 1.807) is 18.2 Å². The van der Waals surface area contributed by atoms with Gasteiger partial charge in [-0.15, -0.1) is 11.8 Å². The summed E-state index contributed by atoms with van der Waals surface area (Å²) in [6.07, 6.45) is 0.610. The smallest absolute Gasteiger partial charge is 0.346 e. The van der Waals surface area contributed by atoms with Gasteiger partial charge in [0.15, 0.2) is 0 Å². The summed E-state index contributed by atoms with van der Waals surface area (Å²) in [6, 6.07) is 4.93. The number of hydrogen-bond donors (Lipinski definition) is 1. The van der Waals surface area contributed by atoms with Gasteiger partial charge in [-0.1, -0.05) is 0 Å². The SMILES string of the molecule is COC(=O)C1=C(NC(=O)c2ccc(OC)cc2OC)CCS1. The molecule has 6 nitrogen and oxygen atoms in total. The Bertz CT molecular complexity index is 626. The molecule has 1 aromatic carbocycles. The van der Waals surface area contributed by atoms with E-state index >= 15 is 0 Å². The van der Waals surface area contributed by atoms with Crippen LogP contribution in [0, 0.1) is 0 Å². The van der Waals surface area contributed by atoms with E-state index in [4.69, 9.17) is 14.2 Å². The summed E-state index contributed by atoms with van der Waals surface area (Å²) in [4.78, 5) is 24.5. The molecule has 1 N–H and O–H groups in total. The molecule has 0 bridgehead atoms. The monoisotopic (exact) mass is 323 g/mol. The highest BCUT2D eigenvalue weighted by atomic mass is 32.2. The Hall–Kier alpha value is -2.15. The summed E-state index contributed by atoms with van der Waals surface area (Å²) >= 11 is 1.38. The van der Waals surface area contributed by atoms with Gasteiger partial charge in [-0.25, -0.2) is 4.79 Å². The van der Waals surface area contributed by atoms with Crippen LogP contribution in [-0.2, 0) is 9.53 Å². The molecule has 0 atom stereocenters. The molecular weight excluding hydrogens is 306 g/mol. The molecule has 0 saturated heterocycles. The van der Waals surface area contributed by atoms with Gasteiger partial charge < -0.3 is 19.5 Å². The van der Waals surface area contributed by atoms with Crippen LogP contribution in [0.1, 0.15) is 16.8 Å². The first kappa shape index (κ1) is 16.2. The number of benzene rings is 1. The minimum atomic E-state index is -0.431. The molecule has 0 fully saturated rings. The highest BCUT2D eigenvalue weighted by Gasteiger charge is 2.25. The molecular formula is C15H17NO5S. The summed E-state index contributed by atoms with van der Waals surface area (Å²) < 4.78 is 15.0. The van der Waals surface area contributed by atoms with Gasteiger partial charge in [0.05, 0.1) is 26.9 Å². The van der Waals surface area contributed by atoms with Crippen molar-refractivity contribution in [3.05, 3.63) is 34.4 Å². The second-order valence-corrected chi connectivity index (χ2v) is 5.52. The third-order valence-corrected chi connectivity index (χ3v) is 4.27. The van der Waals surface area contributed by atoms with Crippen molar-refractivity contribution < 1.29 is 23.8 Å². The molecule has 0 saturated carbocycles. The zero-order chi connectivity index (χ0) is 16.1. The van der Waals surface area contributed by atoms with Gasteiger partial charge in [-0.2, -0.15) is 0 Å². The molecule has 2 rings (SSSR count). The molecule has 1 aromatic rings. The molecule has 1 heterocycles. The fraction of sp³-hybridized carbons (Fsp3) is 0.333. The normalized spacial score (nSPS) is 13.8. The van der Waals surface area contributed by atoms with Crippen LogP contribution in [-0.4, -0.2) is 39.0 Å². The fourth-order valence-electron chi connectivity index (χ4n) is 2.04. The second kappa shape index (κ2) is 7.22. The summed E-state index contributed by atoms with van der Waals surface area (Å²) in [5, 5.41) is 2.77. The Labute approximate surface area is 132 Å². The molecule has 1 aliphatic heterocycles. The van der Waals surface area contributed by atoms with Gasteiger partial charge in [0.1, 0.15) is 16.4 Å². The van der Waals surface area contributed by atoms with E-state index in [9.17, 15) is 9.59 Å². The Kier molecular flexibility index (Phi) is 5.32. The third-order valence-electron chi connectivity index (χ3n) is 3.16. The van der Waals surface area contributed by atoms with Crippen molar-refractivity contribution in [1.29, 1.82) is 0 Å². The third kappa shape index (κ3) is 3.36. The van der Waals surface area contributed by atoms with Gasteiger partial charge >= 0.3 is 5.97 Å². The van der Waals surface area contributed by atoms with Gasteiger partial charge in [-0.05, 0) is 18.6 Å². The second-order valence-electron chi connectivity index (χ2n) is 4.42. The number of esters is 1. The Morgan fingerprint density at radius 2 is 1.95 bits per heavy atom. The lowest BCUT2D eigenvalue weighted by Gasteiger charge is -2.12. The maximum absolute atomic E-state index is 12.4. The molecule has 1 amide bonds. The lowest BCUT2D eigenvalue weighted by atomic mass is 10.1. The number of methoxy groups -OCH3 is 3. The van der Waals surface area contributed by atoms with E-state index in [0.29, 0.717) is 34.1 Å². The van der Waals surface area contributed by atoms with E-state index in [1.807, 2.05) is 0 Å². The highest BCUT2D eigenvalue weighted by Crippen LogP contribution is 2.31. The molecule has 0 unspecified atom stereocenters. The topological polar surface area (TPSA) is 73.9 Å². The first-order valence-corrected chi connectivity index (χ1v) is 7.57. The number of amides is 1. The molecule has 0 spiro atoms. The predicted octanol–water partition coefficient (Wildman–Crippen LogP) is 1.96. The van der Waals surface area contributed by atoms with Crippen molar-refractivity contribution >= 4 is 23.6 Å². The number of carbonyl (C=O) groups is 2. The lowest BCUT2D eigenvalue weighted by Crippen LogP contribution is -2.24. The van der Waals surface area contributed by atoms with E-state index in [2.05, 4.69) is 5.32 Å². The predicted molar refractivity (Wildman–Crippen MR) is 83.1 cm³/mol. The first-order chi connectivity index (χ1) is 10.6. The number of carbonyl (C=O) groups excluding carboxylic acids is 2. The molecule has 0 radical (unpaired) electrons. The molecule has 0 aliphatic carbocycles. The van der Waals surface area contributed by atoms with Crippen LogP contribution in [0.25, 0.3) is 0 Å². The molecule has 1 aliphatic rings. The molecule has 118 valence electrons. The van der Waals surface area contributed by atoms with Crippen LogP contribution in [0.2, 0.25) is 0 Å². The standard InChI is InChI=1S/C15H17NO5S/c1-19-9-4-5-10(12(8-9)20-2)14(17)16-11-6-7-22-13(11)15(18)21-3/h4-5,8H,6-7H2,1-3H3,(H,16,17). The zero-order valence-corrected chi connectivity index (χ0v) is 13.4. The Balaban J connectivity index is 2.24. The zero-order valence-electron chi connectivity index (χ0n) is 12.6. The van der Waals surface area contributed by atoms with Crippen LogP contribution in [0.15, 0.2) is 28.8 Å². The maximum atomic E-state index is 12.4. The molecule has 7 heteroatoms. The number of hydrogen-bond acceptors (Lipinski definition) is 6. The van der Waals surface area contributed by atoms with Crippen LogP contribution in [0.3, 0.4) is 0 Å². The Morgan fingerprint density at radius 1 is 1.18 bits per heavy atom. The van der Waals surface area contributed by atoms with Crippen molar-refractivity contribution in [3.63, 3.8) is 0 Å². The summed E-state index contributed by atoms with van der Waals surface area (Å²) in [6.45, 7) is 0. The van der Waals surface area contributed by atoms with E-state index in [1.165, 1.54) is 33.1 Å². The molecule has 22 heavy (non-hydrogen) atoms. The Morgan fingerprint density at radius 3 is 2.59 bits per heavy atom. The van der Waals surface area contributed by atoms with Crippen molar-refractivity contribution in [2.45, 2.75) is 6.42 Å². The number of allylic oxidation sites excluding steroid dienone is 1. The average molecular weight is 323 g/mol. The largest absolute Gasteiger partial charge is 0.497 e. The minimum absolute atomic E-state index is 0.335. The summed E-state index contributed by atoms with van der Waals surface area (Å²) in [5.41, 5.74) is 0.955. The van der Waals surface area contributed by atoms with Gasteiger partial charge in [-0.3, -0.25) is 4.79 Å². The first-order valence-electron chi connectivity index (χ1n) is 6.58. The van der Waals surface area contributed by atoms with Gasteiger partial charge in [0.2, 0.25) is 0 Å². The number of thioether (sulfide) groups is 1. The lowest BCUT2D eigenvalue weighted by molar-refractivity contribution is -0.135. The van der Waals surface area contributed by atoms with Crippen LogP contribution < -0.4 is 14.8 Å². The van der Waals surface area contributed by atoms with Crippen molar-refractivity contribution in [2.75, 3.05) is 27.1 Å². The van der Waals surface area contributed by atoms with Crippen molar-refractivity contribution in [2.24, 2.45) is 0 Å². The van der Waals surface area contributed by atoms with E-state index < -0.39 is 5.97 Å². The number of rotatable bonds is 5. The minimum Gasteiger partial charge on any atom is -0.497 e. The summed E-state index contributed by atoms with van der Waals surface area (Å²) in [7, 11) is 4.34. The van der Waals surface area contributed by atoms with Crippen LogP contribution in [0.5, 0.6) is 11.5 Å². The number of nitrogens with one attached hydrogen (secondary N) is 1. The van der Waals surface area contributed by atoms with Crippen molar-refractivity contribution in [3.8, 4) is 11.5 Å². The maximum Gasteiger partial charge on any atom is 0.346 e. The van der Waals surface area contributed by atoms with E-state index in [0.717, 1.165) is 5.75 Å². The quantitative estimate of drug-likeness (QED) is 0.835. The molecule has 0 aromatic heterocycles. The van der Waals surface area contributed by atoms with Crippen molar-refractivity contribution in [1.82, 2.24) is 5.32 Å². The van der Waals surface area contributed by atoms with Gasteiger partial charge in [0, 0.05) is 17.5 Å². The summed E-state index contributed by atoms with van der Waals surface area (Å²) in [5.74, 6) is 0.972. The number of ether oxygens (including phenoxy) is 3. The fourth-order valence-corrected chi connectivity index (χ4v) is 3.08. The van der Waals surface area contributed by atoms with Crippen LogP contribution >= 0.6 is 11.8 Å². The van der Waals surface area contributed by atoms with Crippen LogP contribution in [0.4, 0.5) is 0 Å². The van der Waals surface area contributed by atoms with E-state index in [-0.39, 0.29) is 5.91 Å².